The van der Waals surface area contributed by atoms with Crippen molar-refractivity contribution in [3.8, 4) is 0 Å². The van der Waals surface area contributed by atoms with E-state index in [2.05, 4.69) is 37.6 Å². The Morgan fingerprint density at radius 1 is 1.29 bits per heavy atom. The van der Waals surface area contributed by atoms with Crippen molar-refractivity contribution in [3.63, 3.8) is 0 Å². The number of piperidine rings is 1. The number of carbonyl (C=O) groups excluding carboxylic acids is 1. The molecule has 0 spiro atoms. The third-order valence-corrected chi connectivity index (χ3v) is 4.42. The fourth-order valence-corrected chi connectivity index (χ4v) is 3.33. The summed E-state index contributed by atoms with van der Waals surface area (Å²) in [4.78, 5) is 14.7. The maximum atomic E-state index is 12.7. The molecule has 0 unspecified atom stereocenters. The first-order chi connectivity index (χ1) is 9.45. The zero-order valence-electron chi connectivity index (χ0n) is 13.8. The Labute approximate surface area is 134 Å². The molecule has 1 N–H and O–H groups in total. The monoisotopic (exact) mass is 313 g/mol. The minimum atomic E-state index is 0. The van der Waals surface area contributed by atoms with Crippen molar-refractivity contribution in [1.82, 2.24) is 14.8 Å². The van der Waals surface area contributed by atoms with Crippen LogP contribution in [0.4, 0.5) is 0 Å². The summed E-state index contributed by atoms with van der Waals surface area (Å²) in [5.74, 6) is 0.194. The Balaban J connectivity index is 0.00000220. The highest BCUT2D eigenvalue weighted by Gasteiger charge is 2.25. The number of rotatable bonds is 3. The molecule has 0 bridgehead atoms. The molecule has 5 heteroatoms. The molecule has 1 aliphatic heterocycles. The lowest BCUT2D eigenvalue weighted by molar-refractivity contribution is 0.0706. The molecule has 0 aromatic carbocycles. The van der Waals surface area contributed by atoms with E-state index in [1.807, 2.05) is 18.0 Å². The van der Waals surface area contributed by atoms with E-state index in [0.29, 0.717) is 12.1 Å². The number of nitrogens with one attached hydrogen (secondary N) is 1. The second kappa shape index (κ2) is 7.32. The Morgan fingerprint density at radius 2 is 1.86 bits per heavy atom. The van der Waals surface area contributed by atoms with Gasteiger partial charge in [-0.1, -0.05) is 0 Å². The fraction of sp³-hybridized carbons (Fsp3) is 0.688. The molecule has 1 aromatic rings. The molecular weight excluding hydrogens is 286 g/mol. The number of amides is 1. The second-order valence-electron chi connectivity index (χ2n) is 6.10. The van der Waals surface area contributed by atoms with E-state index in [9.17, 15) is 4.79 Å². The van der Waals surface area contributed by atoms with Gasteiger partial charge in [-0.25, -0.2) is 0 Å². The minimum absolute atomic E-state index is 0. The van der Waals surface area contributed by atoms with E-state index in [0.717, 1.165) is 37.2 Å². The zero-order valence-corrected chi connectivity index (χ0v) is 14.6. The van der Waals surface area contributed by atoms with Crippen molar-refractivity contribution in [2.24, 2.45) is 0 Å². The van der Waals surface area contributed by atoms with Gasteiger partial charge in [0.25, 0.3) is 5.91 Å². The van der Waals surface area contributed by atoms with Gasteiger partial charge in [0.15, 0.2) is 0 Å². The molecule has 0 saturated carbocycles. The van der Waals surface area contributed by atoms with Gasteiger partial charge in [0.1, 0.15) is 0 Å². The van der Waals surface area contributed by atoms with Crippen LogP contribution in [0.3, 0.4) is 0 Å². The van der Waals surface area contributed by atoms with Crippen molar-refractivity contribution >= 4 is 18.3 Å². The normalized spacial score (nSPS) is 16.2. The highest BCUT2D eigenvalue weighted by atomic mass is 35.5. The summed E-state index contributed by atoms with van der Waals surface area (Å²) in [6, 6.07) is 3.00. The van der Waals surface area contributed by atoms with Gasteiger partial charge >= 0.3 is 0 Å². The highest BCUT2D eigenvalue weighted by molar-refractivity contribution is 5.95. The van der Waals surface area contributed by atoms with Gasteiger partial charge in [0.05, 0.1) is 5.56 Å². The SMILES string of the molecule is CNC1CCN(C(=O)c2cc(C)n(C(C)C)c2C)CC1.Cl. The quantitative estimate of drug-likeness (QED) is 0.931. The van der Waals surface area contributed by atoms with Crippen LogP contribution in [0.2, 0.25) is 0 Å². The van der Waals surface area contributed by atoms with Gasteiger partial charge in [-0.15, -0.1) is 12.4 Å². The van der Waals surface area contributed by atoms with Crippen LogP contribution in [-0.2, 0) is 0 Å². The number of aryl methyl sites for hydroxylation is 1. The first-order valence-electron chi connectivity index (χ1n) is 7.60. The number of aromatic nitrogens is 1. The zero-order chi connectivity index (χ0) is 14.9. The van der Waals surface area contributed by atoms with Crippen molar-refractivity contribution in [3.05, 3.63) is 23.0 Å². The van der Waals surface area contributed by atoms with Crippen molar-refractivity contribution in [2.45, 2.75) is 52.6 Å². The molecule has 1 saturated heterocycles. The van der Waals surface area contributed by atoms with Crippen LogP contribution < -0.4 is 5.32 Å². The molecule has 0 radical (unpaired) electrons. The molecule has 4 nitrogen and oxygen atoms in total. The van der Waals surface area contributed by atoms with Gasteiger partial charge in [0.2, 0.25) is 0 Å². The van der Waals surface area contributed by atoms with Gasteiger partial charge in [-0.05, 0) is 53.7 Å². The Bertz CT molecular complexity index is 488. The van der Waals surface area contributed by atoms with Gasteiger partial charge in [-0.3, -0.25) is 4.79 Å². The van der Waals surface area contributed by atoms with Crippen LogP contribution in [0, 0.1) is 13.8 Å². The van der Waals surface area contributed by atoms with E-state index < -0.39 is 0 Å². The standard InChI is InChI=1S/C16H27N3O.ClH/c1-11(2)19-12(3)10-15(13(19)4)16(20)18-8-6-14(17-5)7-9-18;/h10-11,14,17H,6-9H2,1-5H3;1H. The fourth-order valence-electron chi connectivity index (χ4n) is 3.33. The summed E-state index contributed by atoms with van der Waals surface area (Å²) in [5.41, 5.74) is 3.14. The molecule has 2 heterocycles. The third-order valence-electron chi connectivity index (χ3n) is 4.42. The van der Waals surface area contributed by atoms with E-state index >= 15 is 0 Å². The topological polar surface area (TPSA) is 37.3 Å². The summed E-state index contributed by atoms with van der Waals surface area (Å²) in [6.07, 6.45) is 2.09. The summed E-state index contributed by atoms with van der Waals surface area (Å²) in [6.45, 7) is 10.2. The van der Waals surface area contributed by atoms with Crippen LogP contribution in [0.25, 0.3) is 0 Å². The lowest BCUT2D eigenvalue weighted by Gasteiger charge is -2.31. The average Bonchev–Trinajstić information content (AvgIpc) is 2.73. The number of hydrogen-bond donors (Lipinski definition) is 1. The molecule has 1 aromatic heterocycles. The van der Waals surface area contributed by atoms with Crippen LogP contribution in [0.15, 0.2) is 6.07 Å². The average molecular weight is 314 g/mol. The number of hydrogen-bond acceptors (Lipinski definition) is 2. The van der Waals surface area contributed by atoms with E-state index in [4.69, 9.17) is 0 Å². The lowest BCUT2D eigenvalue weighted by Crippen LogP contribution is -2.44. The van der Waals surface area contributed by atoms with Crippen LogP contribution in [-0.4, -0.2) is 41.6 Å². The predicted molar refractivity (Wildman–Crippen MR) is 89.5 cm³/mol. The van der Waals surface area contributed by atoms with Gasteiger partial charge in [0, 0.05) is 36.6 Å². The molecule has 120 valence electrons. The number of carbonyl (C=O) groups is 1. The van der Waals surface area contributed by atoms with Crippen LogP contribution >= 0.6 is 12.4 Å². The highest BCUT2D eigenvalue weighted by Crippen LogP contribution is 2.22. The van der Waals surface area contributed by atoms with Crippen molar-refractivity contribution in [1.29, 1.82) is 0 Å². The van der Waals surface area contributed by atoms with E-state index in [1.54, 1.807) is 0 Å². The number of halogens is 1. The molecule has 1 fully saturated rings. The van der Waals surface area contributed by atoms with E-state index in [1.165, 1.54) is 5.69 Å². The predicted octanol–water partition coefficient (Wildman–Crippen LogP) is 2.93. The third kappa shape index (κ3) is 3.61. The first kappa shape index (κ1) is 18.1. The summed E-state index contributed by atoms with van der Waals surface area (Å²) < 4.78 is 2.24. The maximum absolute atomic E-state index is 12.7. The van der Waals surface area contributed by atoms with Crippen molar-refractivity contribution < 1.29 is 4.79 Å². The minimum Gasteiger partial charge on any atom is -0.346 e. The number of likely N-dealkylation sites (tertiary alicyclic amines) is 1. The lowest BCUT2D eigenvalue weighted by atomic mass is 10.0. The van der Waals surface area contributed by atoms with Crippen LogP contribution in [0.5, 0.6) is 0 Å². The first-order valence-corrected chi connectivity index (χ1v) is 7.60. The maximum Gasteiger partial charge on any atom is 0.255 e. The van der Waals surface area contributed by atoms with E-state index in [-0.39, 0.29) is 18.3 Å². The Hall–Kier alpha value is -1.00. The van der Waals surface area contributed by atoms with Gasteiger partial charge < -0.3 is 14.8 Å². The molecular formula is C16H28ClN3O. The molecule has 21 heavy (non-hydrogen) atoms. The Morgan fingerprint density at radius 3 is 2.29 bits per heavy atom. The van der Waals surface area contributed by atoms with Crippen molar-refractivity contribution in [2.75, 3.05) is 20.1 Å². The molecule has 0 aliphatic carbocycles. The largest absolute Gasteiger partial charge is 0.346 e. The van der Waals surface area contributed by atoms with Gasteiger partial charge in [-0.2, -0.15) is 0 Å². The smallest absolute Gasteiger partial charge is 0.255 e. The number of nitrogens with zero attached hydrogens (tertiary/aromatic N) is 2. The summed E-state index contributed by atoms with van der Waals surface area (Å²) in [7, 11) is 2.00. The Kier molecular flexibility index (Phi) is 6.29. The van der Waals surface area contributed by atoms with Crippen LogP contribution in [0.1, 0.15) is 54.5 Å². The molecule has 0 atom stereocenters. The molecule has 2 rings (SSSR count). The second-order valence-corrected chi connectivity index (χ2v) is 6.10. The summed E-state index contributed by atoms with van der Waals surface area (Å²) >= 11 is 0. The molecule has 1 aliphatic rings. The molecule has 1 amide bonds. The summed E-state index contributed by atoms with van der Waals surface area (Å²) in [5, 5.41) is 3.30.